The van der Waals surface area contributed by atoms with Crippen LogP contribution in [0.3, 0.4) is 0 Å². The van der Waals surface area contributed by atoms with Crippen molar-refractivity contribution in [2.24, 2.45) is 0 Å². The quantitative estimate of drug-likeness (QED) is 0.807. The maximum absolute atomic E-state index is 13.5. The summed E-state index contributed by atoms with van der Waals surface area (Å²) in [6, 6.07) is 6.14. The summed E-state index contributed by atoms with van der Waals surface area (Å²) in [4.78, 5) is 38.7. The van der Waals surface area contributed by atoms with Crippen LogP contribution in [0.2, 0.25) is 0 Å². The van der Waals surface area contributed by atoms with Crippen LogP contribution in [0.1, 0.15) is 18.9 Å². The van der Waals surface area contributed by atoms with E-state index in [1.54, 1.807) is 30.0 Å². The number of hydrogen-bond acceptors (Lipinski definition) is 4. The molecule has 2 rings (SSSR count). The molecule has 0 atom stereocenters. The van der Waals surface area contributed by atoms with E-state index in [1.165, 1.54) is 11.0 Å². The molecule has 0 aromatic heterocycles. The largest absolute Gasteiger partial charge is 0.450 e. The van der Waals surface area contributed by atoms with Crippen molar-refractivity contribution < 1.29 is 23.5 Å². The van der Waals surface area contributed by atoms with Crippen molar-refractivity contribution in [1.82, 2.24) is 15.1 Å². The molecule has 0 aliphatic carbocycles. The van der Waals surface area contributed by atoms with Gasteiger partial charge in [0.15, 0.2) is 0 Å². The first-order valence-corrected chi connectivity index (χ1v) is 8.20. The van der Waals surface area contributed by atoms with Gasteiger partial charge in [0.05, 0.1) is 6.61 Å². The fraction of sp³-hybridized carbons (Fsp3) is 0.471. The zero-order valence-electron chi connectivity index (χ0n) is 14.2. The molecule has 0 unspecified atom stereocenters. The highest BCUT2D eigenvalue weighted by atomic mass is 19.1. The molecule has 1 aliphatic rings. The van der Waals surface area contributed by atoms with E-state index in [-0.39, 0.29) is 18.9 Å². The second-order valence-electron chi connectivity index (χ2n) is 5.61. The van der Waals surface area contributed by atoms with E-state index >= 15 is 0 Å². The van der Waals surface area contributed by atoms with Gasteiger partial charge < -0.3 is 19.9 Å². The second kappa shape index (κ2) is 9.00. The lowest BCUT2D eigenvalue weighted by Crippen LogP contribution is -2.51. The van der Waals surface area contributed by atoms with Crippen molar-refractivity contribution in [3.05, 3.63) is 35.6 Å². The molecule has 7 nitrogen and oxygen atoms in total. The van der Waals surface area contributed by atoms with E-state index < -0.39 is 17.8 Å². The van der Waals surface area contributed by atoms with E-state index in [9.17, 15) is 18.8 Å². The topological polar surface area (TPSA) is 79.0 Å². The van der Waals surface area contributed by atoms with Crippen molar-refractivity contribution in [2.45, 2.75) is 19.9 Å². The van der Waals surface area contributed by atoms with Crippen molar-refractivity contribution in [1.29, 1.82) is 0 Å². The summed E-state index contributed by atoms with van der Waals surface area (Å²) in [5.74, 6) is -1.17. The Morgan fingerprint density at radius 1 is 1.12 bits per heavy atom. The van der Waals surface area contributed by atoms with Crippen molar-refractivity contribution >= 4 is 17.9 Å². The molecule has 0 saturated carbocycles. The SMILES string of the molecule is CCOC(=O)N1CCN(C(=O)CC(=O)NCc2ccccc2F)CC1. The lowest BCUT2D eigenvalue weighted by atomic mass is 10.2. The summed E-state index contributed by atoms with van der Waals surface area (Å²) >= 11 is 0. The lowest BCUT2D eigenvalue weighted by Gasteiger charge is -2.34. The number of benzene rings is 1. The van der Waals surface area contributed by atoms with E-state index in [2.05, 4.69) is 5.32 Å². The smallest absolute Gasteiger partial charge is 0.409 e. The molecule has 1 saturated heterocycles. The molecule has 0 spiro atoms. The summed E-state index contributed by atoms with van der Waals surface area (Å²) in [6.07, 6.45) is -0.689. The molecule has 25 heavy (non-hydrogen) atoms. The number of hydrogen-bond donors (Lipinski definition) is 1. The highest BCUT2D eigenvalue weighted by Crippen LogP contribution is 2.07. The first-order valence-electron chi connectivity index (χ1n) is 8.20. The van der Waals surface area contributed by atoms with E-state index in [0.717, 1.165) is 0 Å². The number of carbonyl (C=O) groups is 3. The Bertz CT molecular complexity index is 630. The van der Waals surface area contributed by atoms with E-state index in [0.29, 0.717) is 38.3 Å². The van der Waals surface area contributed by atoms with Gasteiger partial charge in [0.1, 0.15) is 12.2 Å². The molecule has 1 aromatic rings. The molecular formula is C17H22FN3O4. The van der Waals surface area contributed by atoms with Gasteiger partial charge in [-0.3, -0.25) is 9.59 Å². The van der Waals surface area contributed by atoms with Gasteiger partial charge in [-0.1, -0.05) is 18.2 Å². The van der Waals surface area contributed by atoms with Crippen molar-refractivity contribution in [3.8, 4) is 0 Å². The second-order valence-corrected chi connectivity index (χ2v) is 5.61. The fourth-order valence-corrected chi connectivity index (χ4v) is 2.50. The van der Waals surface area contributed by atoms with Crippen LogP contribution in [0.15, 0.2) is 24.3 Å². The van der Waals surface area contributed by atoms with Crippen molar-refractivity contribution in [2.75, 3.05) is 32.8 Å². The zero-order valence-corrected chi connectivity index (χ0v) is 14.2. The summed E-state index contributed by atoms with van der Waals surface area (Å²) in [5, 5.41) is 2.54. The molecule has 1 N–H and O–H groups in total. The molecule has 1 fully saturated rings. The van der Waals surface area contributed by atoms with Gasteiger partial charge in [-0.25, -0.2) is 9.18 Å². The fourth-order valence-electron chi connectivity index (χ4n) is 2.50. The maximum Gasteiger partial charge on any atom is 0.409 e. The van der Waals surface area contributed by atoms with E-state index in [1.807, 2.05) is 0 Å². The molecule has 136 valence electrons. The van der Waals surface area contributed by atoms with Gasteiger partial charge in [-0.15, -0.1) is 0 Å². The highest BCUT2D eigenvalue weighted by molar-refractivity contribution is 5.96. The number of carbonyl (C=O) groups excluding carboxylic acids is 3. The molecule has 8 heteroatoms. The lowest BCUT2D eigenvalue weighted by molar-refractivity contribution is -0.137. The first-order chi connectivity index (χ1) is 12.0. The maximum atomic E-state index is 13.5. The third kappa shape index (κ3) is 5.44. The minimum absolute atomic E-state index is 0.0371. The number of nitrogens with zero attached hydrogens (tertiary/aromatic N) is 2. The summed E-state index contributed by atoms with van der Waals surface area (Å²) in [6.45, 7) is 3.55. The highest BCUT2D eigenvalue weighted by Gasteiger charge is 2.25. The predicted molar refractivity (Wildman–Crippen MR) is 88.0 cm³/mol. The molecule has 3 amide bonds. The number of amides is 3. The molecule has 0 radical (unpaired) electrons. The Balaban J connectivity index is 1.74. The average molecular weight is 351 g/mol. The van der Waals surface area contributed by atoms with Gasteiger partial charge in [-0.05, 0) is 13.0 Å². The normalized spacial score (nSPS) is 14.2. The van der Waals surface area contributed by atoms with Gasteiger partial charge in [-0.2, -0.15) is 0 Å². The molecule has 0 bridgehead atoms. The van der Waals surface area contributed by atoms with Crippen LogP contribution >= 0.6 is 0 Å². The number of ether oxygens (including phenoxy) is 1. The van der Waals surface area contributed by atoms with Gasteiger partial charge in [0, 0.05) is 38.3 Å². The summed E-state index contributed by atoms with van der Waals surface area (Å²) in [5.41, 5.74) is 0.367. The molecule has 1 aliphatic heterocycles. The van der Waals surface area contributed by atoms with Crippen LogP contribution in [-0.2, 0) is 20.9 Å². The average Bonchev–Trinajstić information content (AvgIpc) is 2.61. The third-order valence-electron chi connectivity index (χ3n) is 3.90. The Morgan fingerprint density at radius 2 is 1.76 bits per heavy atom. The van der Waals surface area contributed by atoms with Crippen molar-refractivity contribution in [3.63, 3.8) is 0 Å². The number of piperazine rings is 1. The Labute approximate surface area is 145 Å². The first kappa shape index (κ1) is 18.7. The van der Waals surface area contributed by atoms with Crippen LogP contribution in [-0.4, -0.2) is 60.5 Å². The molecule has 1 heterocycles. The van der Waals surface area contributed by atoms with Gasteiger partial charge >= 0.3 is 6.09 Å². The third-order valence-corrected chi connectivity index (χ3v) is 3.90. The number of nitrogens with one attached hydrogen (secondary N) is 1. The van der Waals surface area contributed by atoms with Crippen LogP contribution in [0, 0.1) is 5.82 Å². The van der Waals surface area contributed by atoms with E-state index in [4.69, 9.17) is 4.74 Å². The minimum Gasteiger partial charge on any atom is -0.450 e. The van der Waals surface area contributed by atoms with Crippen LogP contribution in [0.4, 0.5) is 9.18 Å². The zero-order chi connectivity index (χ0) is 18.2. The standard InChI is InChI=1S/C17H22FN3O4/c1-2-25-17(24)21-9-7-20(8-10-21)16(23)11-15(22)19-12-13-5-3-4-6-14(13)18/h3-6H,2,7-12H2,1H3,(H,19,22). The van der Waals surface area contributed by atoms with Gasteiger partial charge in [0.2, 0.25) is 11.8 Å². The van der Waals surface area contributed by atoms with Crippen LogP contribution < -0.4 is 5.32 Å². The predicted octanol–water partition coefficient (Wildman–Crippen LogP) is 1.13. The number of rotatable bonds is 5. The summed E-state index contributed by atoms with van der Waals surface area (Å²) < 4.78 is 18.4. The van der Waals surface area contributed by atoms with Crippen LogP contribution in [0.25, 0.3) is 0 Å². The Hall–Kier alpha value is -2.64. The summed E-state index contributed by atoms with van der Waals surface area (Å²) in [7, 11) is 0. The van der Waals surface area contributed by atoms with Crippen LogP contribution in [0.5, 0.6) is 0 Å². The van der Waals surface area contributed by atoms with Gasteiger partial charge in [0.25, 0.3) is 0 Å². The molecular weight excluding hydrogens is 329 g/mol. The monoisotopic (exact) mass is 351 g/mol. The number of halogens is 1. The minimum atomic E-state index is -0.457. The molecule has 1 aromatic carbocycles. The Kier molecular flexibility index (Phi) is 6.73. The Morgan fingerprint density at radius 3 is 2.40 bits per heavy atom.